The number of ether oxygens (including phenoxy) is 1. The number of hydrogen-bond acceptors (Lipinski definition) is 4. The third kappa shape index (κ3) is 5.53. The highest BCUT2D eigenvalue weighted by Crippen LogP contribution is 2.30. The summed E-state index contributed by atoms with van der Waals surface area (Å²) in [5.74, 6) is 1.15. The van der Waals surface area contributed by atoms with Gasteiger partial charge in [0.25, 0.3) is 15.9 Å². The normalized spacial score (nSPS) is 13.7. The molecule has 0 unspecified atom stereocenters. The molecule has 0 atom stereocenters. The van der Waals surface area contributed by atoms with Gasteiger partial charge in [0.15, 0.2) is 0 Å². The molecule has 1 aliphatic rings. The lowest BCUT2D eigenvalue weighted by molar-refractivity contribution is 0.0747. The lowest BCUT2D eigenvalue weighted by Crippen LogP contribution is -2.33. The number of amides is 1. The van der Waals surface area contributed by atoms with E-state index in [-0.39, 0.29) is 10.8 Å². The van der Waals surface area contributed by atoms with E-state index in [4.69, 9.17) is 4.74 Å². The topological polar surface area (TPSA) is 75.7 Å². The van der Waals surface area contributed by atoms with Crippen molar-refractivity contribution in [1.29, 1.82) is 0 Å². The first kappa shape index (κ1) is 22.2. The van der Waals surface area contributed by atoms with Crippen LogP contribution >= 0.6 is 0 Å². The molecule has 2 aromatic carbocycles. The minimum absolute atomic E-state index is 0.110. The quantitative estimate of drug-likeness (QED) is 0.604. The fourth-order valence-corrected chi connectivity index (χ4v) is 4.69. The second-order valence-corrected chi connectivity index (χ2v) is 9.39. The minimum Gasteiger partial charge on any atom is -0.494 e. The number of nitrogens with zero attached hydrogens (tertiary/aromatic N) is 1. The van der Waals surface area contributed by atoms with Gasteiger partial charge in [-0.25, -0.2) is 8.42 Å². The van der Waals surface area contributed by atoms with Crippen molar-refractivity contribution >= 4 is 21.6 Å². The van der Waals surface area contributed by atoms with Crippen LogP contribution in [0.4, 0.5) is 5.69 Å². The molecular formula is C23H30N2O4S. The van der Waals surface area contributed by atoms with Gasteiger partial charge in [-0.15, -0.1) is 0 Å². The van der Waals surface area contributed by atoms with Crippen molar-refractivity contribution in [1.82, 2.24) is 4.90 Å². The van der Waals surface area contributed by atoms with Gasteiger partial charge in [-0.2, -0.15) is 0 Å². The molecular weight excluding hydrogens is 400 g/mol. The number of carbonyl (C=O) groups is 1. The number of aryl methyl sites for hydroxylation is 1. The van der Waals surface area contributed by atoms with E-state index in [1.807, 2.05) is 18.7 Å². The Balaban J connectivity index is 1.82. The third-order valence-electron chi connectivity index (χ3n) is 5.10. The fraction of sp³-hybridized carbons (Fsp3) is 0.435. The lowest BCUT2D eigenvalue weighted by atomic mass is 10.1. The summed E-state index contributed by atoms with van der Waals surface area (Å²) < 4.78 is 34.0. The van der Waals surface area contributed by atoms with Crippen LogP contribution in [0.15, 0.2) is 47.4 Å². The van der Waals surface area contributed by atoms with E-state index in [1.165, 1.54) is 6.07 Å². The van der Waals surface area contributed by atoms with Gasteiger partial charge in [-0.1, -0.05) is 13.0 Å². The summed E-state index contributed by atoms with van der Waals surface area (Å²) in [6, 6.07) is 11.6. The van der Waals surface area contributed by atoms with Gasteiger partial charge < -0.3 is 9.64 Å². The van der Waals surface area contributed by atoms with E-state index in [9.17, 15) is 13.2 Å². The zero-order valence-electron chi connectivity index (χ0n) is 17.8. The van der Waals surface area contributed by atoms with Crippen LogP contribution in [0, 0.1) is 12.8 Å². The van der Waals surface area contributed by atoms with Crippen LogP contribution < -0.4 is 9.46 Å². The van der Waals surface area contributed by atoms with Crippen molar-refractivity contribution in [3.05, 3.63) is 53.6 Å². The maximum absolute atomic E-state index is 13.0. The van der Waals surface area contributed by atoms with E-state index in [0.717, 1.165) is 25.8 Å². The number of hydrogen-bond donors (Lipinski definition) is 1. The van der Waals surface area contributed by atoms with Crippen molar-refractivity contribution in [2.75, 3.05) is 24.4 Å². The number of nitrogens with one attached hydrogen (secondary N) is 1. The molecule has 162 valence electrons. The molecule has 1 fully saturated rings. The molecule has 0 aliphatic heterocycles. The standard InChI is InChI=1S/C23H30N2O4S/c1-4-14-25(16-18-7-8-18)23(26)19-9-6-17(3)22(15-19)30(27,28)24-20-10-12-21(13-11-20)29-5-2/h6,9-13,15,18,24H,4-5,7-8,14,16H2,1-3H3. The summed E-state index contributed by atoms with van der Waals surface area (Å²) >= 11 is 0. The number of rotatable bonds is 10. The van der Waals surface area contributed by atoms with Gasteiger partial charge in [0, 0.05) is 24.3 Å². The molecule has 1 saturated carbocycles. The highest BCUT2D eigenvalue weighted by molar-refractivity contribution is 7.92. The first-order chi connectivity index (χ1) is 14.3. The molecule has 3 rings (SSSR count). The average molecular weight is 431 g/mol. The summed E-state index contributed by atoms with van der Waals surface area (Å²) in [5, 5.41) is 0. The second kappa shape index (κ2) is 9.51. The van der Waals surface area contributed by atoms with Crippen LogP contribution in [0.2, 0.25) is 0 Å². The predicted octanol–water partition coefficient (Wildman–Crippen LogP) is 4.46. The van der Waals surface area contributed by atoms with Crippen LogP contribution in [-0.4, -0.2) is 38.9 Å². The minimum atomic E-state index is -3.84. The molecule has 7 heteroatoms. The van der Waals surface area contributed by atoms with E-state index >= 15 is 0 Å². The van der Waals surface area contributed by atoms with Crippen molar-refractivity contribution in [3.63, 3.8) is 0 Å². The molecule has 0 bridgehead atoms. The Hall–Kier alpha value is -2.54. The number of anilines is 1. The smallest absolute Gasteiger partial charge is 0.262 e. The maximum Gasteiger partial charge on any atom is 0.262 e. The molecule has 1 aliphatic carbocycles. The largest absolute Gasteiger partial charge is 0.494 e. The second-order valence-electron chi connectivity index (χ2n) is 7.74. The molecule has 2 aromatic rings. The highest BCUT2D eigenvalue weighted by Gasteiger charge is 2.28. The lowest BCUT2D eigenvalue weighted by Gasteiger charge is -2.22. The summed E-state index contributed by atoms with van der Waals surface area (Å²) in [5.41, 5.74) is 1.44. The Kier molecular flexibility index (Phi) is 7.02. The molecule has 1 amide bonds. The molecule has 0 spiro atoms. The first-order valence-electron chi connectivity index (χ1n) is 10.5. The summed E-state index contributed by atoms with van der Waals surface area (Å²) in [4.78, 5) is 15.0. The maximum atomic E-state index is 13.0. The Bertz CT molecular complexity index is 983. The molecule has 0 saturated heterocycles. The van der Waals surface area contributed by atoms with Crippen LogP contribution in [0.3, 0.4) is 0 Å². The zero-order valence-corrected chi connectivity index (χ0v) is 18.7. The number of carbonyl (C=O) groups excluding carboxylic acids is 1. The van der Waals surface area contributed by atoms with Crippen molar-refractivity contribution in [3.8, 4) is 5.75 Å². The Morgan fingerprint density at radius 3 is 2.43 bits per heavy atom. The van der Waals surface area contributed by atoms with Gasteiger partial charge in [0.05, 0.1) is 11.5 Å². The van der Waals surface area contributed by atoms with Crippen molar-refractivity contribution in [2.45, 2.75) is 44.9 Å². The first-order valence-corrected chi connectivity index (χ1v) is 12.0. The molecule has 1 N–H and O–H groups in total. The predicted molar refractivity (Wildman–Crippen MR) is 119 cm³/mol. The third-order valence-corrected chi connectivity index (χ3v) is 6.62. The fourth-order valence-electron chi connectivity index (χ4n) is 3.36. The number of benzene rings is 2. The zero-order chi connectivity index (χ0) is 21.7. The number of sulfonamides is 1. The van der Waals surface area contributed by atoms with Crippen LogP contribution in [0.25, 0.3) is 0 Å². The van der Waals surface area contributed by atoms with Crippen molar-refractivity contribution in [2.24, 2.45) is 5.92 Å². The molecule has 6 nitrogen and oxygen atoms in total. The van der Waals surface area contributed by atoms with Crippen LogP contribution in [0.1, 0.15) is 49.0 Å². The summed E-state index contributed by atoms with van der Waals surface area (Å²) in [6.45, 7) is 7.62. The van der Waals surface area contributed by atoms with E-state index in [1.54, 1.807) is 43.3 Å². The Labute approximate surface area is 179 Å². The molecule has 0 heterocycles. The average Bonchev–Trinajstić information content (AvgIpc) is 3.53. The Morgan fingerprint density at radius 1 is 1.13 bits per heavy atom. The van der Waals surface area contributed by atoms with Crippen molar-refractivity contribution < 1.29 is 17.9 Å². The van der Waals surface area contributed by atoms with Gasteiger partial charge in [-0.3, -0.25) is 9.52 Å². The molecule has 0 radical (unpaired) electrons. The van der Waals surface area contributed by atoms with Crippen LogP contribution in [0.5, 0.6) is 5.75 Å². The van der Waals surface area contributed by atoms with E-state index in [2.05, 4.69) is 4.72 Å². The van der Waals surface area contributed by atoms with Gasteiger partial charge >= 0.3 is 0 Å². The molecule has 30 heavy (non-hydrogen) atoms. The summed E-state index contributed by atoms with van der Waals surface area (Å²) in [6.07, 6.45) is 3.19. The highest BCUT2D eigenvalue weighted by atomic mass is 32.2. The van der Waals surface area contributed by atoms with E-state index in [0.29, 0.717) is 41.6 Å². The van der Waals surface area contributed by atoms with E-state index < -0.39 is 10.0 Å². The molecule has 0 aromatic heterocycles. The summed E-state index contributed by atoms with van der Waals surface area (Å²) in [7, 11) is -3.84. The monoisotopic (exact) mass is 430 g/mol. The van der Waals surface area contributed by atoms with Gasteiger partial charge in [-0.05, 0) is 81.0 Å². The van der Waals surface area contributed by atoms with Crippen LogP contribution in [-0.2, 0) is 10.0 Å². The van der Waals surface area contributed by atoms with Gasteiger partial charge in [0.1, 0.15) is 5.75 Å². The van der Waals surface area contributed by atoms with Gasteiger partial charge in [0.2, 0.25) is 0 Å². The SMILES string of the molecule is CCCN(CC1CC1)C(=O)c1ccc(C)c(S(=O)(=O)Nc2ccc(OCC)cc2)c1. The Morgan fingerprint density at radius 2 is 1.83 bits per heavy atom.